The zero-order valence-electron chi connectivity index (χ0n) is 13.5. The molecule has 0 saturated heterocycles. The molecule has 6 heteroatoms. The maximum Gasteiger partial charge on any atom is 0.248 e. The number of Topliss-reactive ketones (excluding diaryl/α,β-unsaturated/α-hetero) is 1. The van der Waals surface area contributed by atoms with Crippen molar-refractivity contribution < 1.29 is 14.4 Å². The average molecular weight is 299 g/mol. The highest BCUT2D eigenvalue weighted by Crippen LogP contribution is 2.18. The van der Waals surface area contributed by atoms with Crippen molar-refractivity contribution in [1.82, 2.24) is 5.32 Å². The van der Waals surface area contributed by atoms with Gasteiger partial charge in [-0.2, -0.15) is 0 Å². The van der Waals surface area contributed by atoms with Gasteiger partial charge in [0.15, 0.2) is 11.3 Å². The summed E-state index contributed by atoms with van der Waals surface area (Å²) in [6.45, 7) is 7.53. The van der Waals surface area contributed by atoms with Gasteiger partial charge in [0.05, 0.1) is 6.04 Å². The van der Waals surface area contributed by atoms with Crippen molar-refractivity contribution in [1.29, 1.82) is 0 Å². The van der Waals surface area contributed by atoms with Gasteiger partial charge < -0.3 is 21.6 Å². The van der Waals surface area contributed by atoms with E-state index in [0.29, 0.717) is 25.7 Å². The fraction of sp³-hybridized carbons (Fsp3) is 0.800. The molecule has 5 N–H and O–H groups in total. The number of carbonyl (C=O) groups excluding carboxylic acids is 3. The van der Waals surface area contributed by atoms with Gasteiger partial charge in [0, 0.05) is 5.92 Å². The second-order valence-electron chi connectivity index (χ2n) is 6.12. The molecule has 0 aromatic heterocycles. The first-order chi connectivity index (χ1) is 9.70. The van der Waals surface area contributed by atoms with Crippen molar-refractivity contribution in [2.75, 3.05) is 6.54 Å². The number of carbonyl (C=O) groups is 3. The molecule has 0 aromatic rings. The lowest BCUT2D eigenvalue weighted by Gasteiger charge is -2.30. The topological polar surface area (TPSA) is 115 Å². The van der Waals surface area contributed by atoms with E-state index >= 15 is 0 Å². The van der Waals surface area contributed by atoms with E-state index in [1.165, 1.54) is 0 Å². The monoisotopic (exact) mass is 299 g/mol. The van der Waals surface area contributed by atoms with Gasteiger partial charge >= 0.3 is 0 Å². The lowest BCUT2D eigenvalue weighted by Crippen LogP contribution is -2.63. The normalized spacial score (nSPS) is 15.6. The fourth-order valence-electron chi connectivity index (χ4n) is 2.05. The Morgan fingerprint density at radius 2 is 1.76 bits per heavy atom. The van der Waals surface area contributed by atoms with Crippen LogP contribution in [0.25, 0.3) is 0 Å². The van der Waals surface area contributed by atoms with Gasteiger partial charge in [-0.25, -0.2) is 0 Å². The van der Waals surface area contributed by atoms with Crippen molar-refractivity contribution in [3.05, 3.63) is 0 Å². The third-order valence-electron chi connectivity index (χ3n) is 3.56. The Labute approximate surface area is 127 Å². The average Bonchev–Trinajstić information content (AvgIpc) is 2.42. The third-order valence-corrected chi connectivity index (χ3v) is 3.56. The lowest BCUT2D eigenvalue weighted by molar-refractivity contribution is -0.139. The van der Waals surface area contributed by atoms with Crippen LogP contribution in [0.1, 0.15) is 47.0 Å². The maximum absolute atomic E-state index is 12.4. The van der Waals surface area contributed by atoms with Gasteiger partial charge in [0.1, 0.15) is 6.29 Å². The zero-order chi connectivity index (χ0) is 16.6. The summed E-state index contributed by atoms with van der Waals surface area (Å²) < 4.78 is 0. The quantitative estimate of drug-likeness (QED) is 0.306. The van der Waals surface area contributed by atoms with Crippen LogP contribution in [0.4, 0.5) is 0 Å². The number of unbranched alkanes of at least 4 members (excludes halogenated alkanes) is 1. The zero-order valence-corrected chi connectivity index (χ0v) is 13.5. The smallest absolute Gasteiger partial charge is 0.248 e. The molecule has 0 fully saturated rings. The Bertz CT molecular complexity index is 369. The number of hydrogen-bond acceptors (Lipinski definition) is 5. The van der Waals surface area contributed by atoms with Gasteiger partial charge in [-0.3, -0.25) is 9.59 Å². The van der Waals surface area contributed by atoms with Crippen LogP contribution in [0.5, 0.6) is 0 Å². The van der Waals surface area contributed by atoms with Crippen LogP contribution < -0.4 is 16.8 Å². The molecule has 21 heavy (non-hydrogen) atoms. The Morgan fingerprint density at radius 1 is 1.19 bits per heavy atom. The Morgan fingerprint density at radius 3 is 2.14 bits per heavy atom. The summed E-state index contributed by atoms with van der Waals surface area (Å²) in [5.41, 5.74) is 9.95. The molecule has 0 spiro atoms. The predicted molar refractivity (Wildman–Crippen MR) is 82.5 cm³/mol. The number of nitrogens with one attached hydrogen (secondary N) is 1. The summed E-state index contributed by atoms with van der Waals surface area (Å²) in [7, 11) is 0. The van der Waals surface area contributed by atoms with Gasteiger partial charge in [-0.05, 0) is 31.7 Å². The molecule has 0 saturated carbocycles. The van der Waals surface area contributed by atoms with Gasteiger partial charge in [-0.15, -0.1) is 0 Å². The van der Waals surface area contributed by atoms with Crippen LogP contribution in [-0.2, 0) is 14.4 Å². The van der Waals surface area contributed by atoms with Crippen LogP contribution in [0, 0.1) is 11.8 Å². The van der Waals surface area contributed by atoms with Crippen molar-refractivity contribution in [3.63, 3.8) is 0 Å². The molecule has 0 aromatic carbocycles. The minimum absolute atomic E-state index is 0.0612. The van der Waals surface area contributed by atoms with Gasteiger partial charge in [-0.1, -0.05) is 27.7 Å². The van der Waals surface area contributed by atoms with Crippen LogP contribution in [-0.4, -0.2) is 36.1 Å². The van der Waals surface area contributed by atoms with Crippen molar-refractivity contribution in [3.8, 4) is 0 Å². The Hall–Kier alpha value is -1.27. The largest absolute Gasteiger partial charge is 0.344 e. The summed E-state index contributed by atoms with van der Waals surface area (Å²) in [6, 6.07) is -0.644. The molecule has 0 aliphatic carbocycles. The van der Waals surface area contributed by atoms with Crippen LogP contribution in [0.2, 0.25) is 0 Å². The highest BCUT2D eigenvalue weighted by atomic mass is 16.2. The number of hydrogen-bond donors (Lipinski definition) is 3. The van der Waals surface area contributed by atoms with Crippen molar-refractivity contribution in [2.24, 2.45) is 23.3 Å². The molecule has 6 nitrogen and oxygen atoms in total. The molecule has 0 unspecified atom stereocenters. The summed E-state index contributed by atoms with van der Waals surface area (Å²) in [5, 5.41) is 2.59. The minimum atomic E-state index is -1.60. The number of nitrogens with two attached hydrogens (primary N) is 2. The van der Waals surface area contributed by atoms with Crippen molar-refractivity contribution in [2.45, 2.75) is 58.5 Å². The summed E-state index contributed by atoms with van der Waals surface area (Å²) in [4.78, 5) is 35.8. The number of aldehydes is 1. The van der Waals surface area contributed by atoms with E-state index in [-0.39, 0.29) is 24.0 Å². The van der Waals surface area contributed by atoms with E-state index in [9.17, 15) is 14.4 Å². The predicted octanol–water partition coefficient (Wildman–Crippen LogP) is 0.378. The first kappa shape index (κ1) is 19.7. The molecular formula is C15H29N3O3. The second kappa shape index (κ2) is 8.89. The standard InChI is InChI=1S/C15H29N3O3/c1-10(2)12(9-19)18-14(21)15(17,7-5-6-8-16)13(20)11(3)4/h9-12H,5-8,16-17H2,1-4H3,(H,18,21)/t12-,15-/m1/s1. The van der Waals surface area contributed by atoms with Crippen LogP contribution in [0.15, 0.2) is 0 Å². The van der Waals surface area contributed by atoms with E-state index < -0.39 is 17.5 Å². The number of ketones is 1. The Balaban J connectivity index is 5.14. The van der Waals surface area contributed by atoms with E-state index in [0.717, 1.165) is 0 Å². The number of rotatable bonds is 10. The summed E-state index contributed by atoms with van der Waals surface area (Å²) in [6.07, 6.45) is 2.19. The first-order valence-corrected chi connectivity index (χ1v) is 7.50. The molecule has 1 amide bonds. The third kappa shape index (κ3) is 5.55. The van der Waals surface area contributed by atoms with Gasteiger partial charge in [0.2, 0.25) is 5.91 Å². The van der Waals surface area contributed by atoms with Crippen LogP contribution >= 0.6 is 0 Å². The highest BCUT2D eigenvalue weighted by Gasteiger charge is 2.42. The highest BCUT2D eigenvalue weighted by molar-refractivity contribution is 6.11. The minimum Gasteiger partial charge on any atom is -0.344 e. The van der Waals surface area contributed by atoms with Gasteiger partial charge in [0.25, 0.3) is 0 Å². The molecule has 122 valence electrons. The molecule has 2 atom stereocenters. The fourth-order valence-corrected chi connectivity index (χ4v) is 2.05. The molecule has 0 radical (unpaired) electrons. The summed E-state index contributed by atoms with van der Waals surface area (Å²) >= 11 is 0. The van der Waals surface area contributed by atoms with E-state index in [1.807, 2.05) is 13.8 Å². The Kier molecular flexibility index (Phi) is 8.36. The molecule has 0 heterocycles. The van der Waals surface area contributed by atoms with Crippen molar-refractivity contribution >= 4 is 18.0 Å². The lowest BCUT2D eigenvalue weighted by atomic mass is 9.82. The molecule has 0 aliphatic rings. The first-order valence-electron chi connectivity index (χ1n) is 7.50. The molecular weight excluding hydrogens is 270 g/mol. The summed E-state index contributed by atoms with van der Waals surface area (Å²) in [5.74, 6) is -1.31. The molecule has 0 aliphatic heterocycles. The SMILES string of the molecule is CC(C)C(=O)[C@](N)(CCCCN)C(=O)N[C@H](C=O)C(C)C. The molecule has 0 rings (SSSR count). The second-order valence-corrected chi connectivity index (χ2v) is 6.12. The number of amides is 1. The van der Waals surface area contributed by atoms with E-state index in [1.54, 1.807) is 13.8 Å². The molecule has 0 bridgehead atoms. The van der Waals surface area contributed by atoms with E-state index in [2.05, 4.69) is 5.32 Å². The maximum atomic E-state index is 12.4. The van der Waals surface area contributed by atoms with Crippen LogP contribution in [0.3, 0.4) is 0 Å². The van der Waals surface area contributed by atoms with E-state index in [4.69, 9.17) is 11.5 Å².